The van der Waals surface area contributed by atoms with E-state index in [2.05, 4.69) is 15.9 Å². The van der Waals surface area contributed by atoms with Crippen LogP contribution in [0.1, 0.15) is 45.6 Å². The lowest BCUT2D eigenvalue weighted by Gasteiger charge is -2.43. The molecule has 1 aliphatic carbocycles. The van der Waals surface area contributed by atoms with Crippen LogP contribution in [0.2, 0.25) is 0 Å². The Balaban J connectivity index is 1.73. The van der Waals surface area contributed by atoms with E-state index in [9.17, 15) is 4.55 Å². The van der Waals surface area contributed by atoms with Crippen LogP contribution in [-0.2, 0) is 20.8 Å². The van der Waals surface area contributed by atoms with E-state index < -0.39 is 21.9 Å². The van der Waals surface area contributed by atoms with Gasteiger partial charge in [0.2, 0.25) is 0 Å². The van der Waals surface area contributed by atoms with Crippen molar-refractivity contribution in [1.29, 1.82) is 0 Å². The fourth-order valence-electron chi connectivity index (χ4n) is 3.82. The Hall–Kier alpha value is -0.600. The summed E-state index contributed by atoms with van der Waals surface area (Å²) < 4.78 is 36.1. The van der Waals surface area contributed by atoms with Crippen LogP contribution in [0.3, 0.4) is 0 Å². The van der Waals surface area contributed by atoms with E-state index in [4.69, 9.17) is 18.6 Å². The largest absolute Gasteiger partial charge is 0.591 e. The average molecular weight is 442 g/mol. The van der Waals surface area contributed by atoms with E-state index in [-0.39, 0.29) is 12.0 Å². The lowest BCUT2D eigenvalue weighted by atomic mass is 9.76. The summed E-state index contributed by atoms with van der Waals surface area (Å²) in [4.78, 5) is 0. The van der Waals surface area contributed by atoms with Gasteiger partial charge in [-0.3, -0.25) is 0 Å². The summed E-state index contributed by atoms with van der Waals surface area (Å²) in [6.45, 7) is 7.11. The second-order valence-corrected chi connectivity index (χ2v) is 10.9. The van der Waals surface area contributed by atoms with Gasteiger partial charge >= 0.3 is 0 Å². The second kappa shape index (κ2) is 6.78. The highest BCUT2D eigenvalue weighted by molar-refractivity contribution is 9.10. The van der Waals surface area contributed by atoms with Crippen LogP contribution in [0.4, 0.5) is 0 Å². The highest BCUT2D eigenvalue weighted by Crippen LogP contribution is 2.45. The fourth-order valence-corrected chi connectivity index (χ4v) is 4.87. The van der Waals surface area contributed by atoms with Crippen molar-refractivity contribution >= 4 is 33.0 Å². The molecule has 4 rings (SSSR count). The first-order valence-electron chi connectivity index (χ1n) is 9.03. The van der Waals surface area contributed by atoms with Crippen LogP contribution in [0.15, 0.2) is 27.1 Å². The van der Waals surface area contributed by atoms with Crippen LogP contribution in [0.5, 0.6) is 5.75 Å². The Kier molecular flexibility index (Phi) is 4.89. The van der Waals surface area contributed by atoms with Crippen molar-refractivity contribution in [2.75, 3.05) is 13.2 Å². The van der Waals surface area contributed by atoms with Crippen LogP contribution < -0.4 is 4.74 Å². The highest BCUT2D eigenvalue weighted by Gasteiger charge is 2.50. The van der Waals surface area contributed by atoms with Gasteiger partial charge in [-0.15, -0.1) is 0 Å². The Morgan fingerprint density at radius 3 is 2.69 bits per heavy atom. The fraction of sp³-hybridized carbons (Fsp3) is 0.632. The lowest BCUT2D eigenvalue weighted by molar-refractivity contribution is -0.197. The molecule has 0 bridgehead atoms. The van der Waals surface area contributed by atoms with Crippen molar-refractivity contribution in [2.24, 2.45) is 10.3 Å². The summed E-state index contributed by atoms with van der Waals surface area (Å²) in [7, 11) is 0. The molecular weight excluding hydrogens is 418 g/mol. The molecule has 1 saturated carbocycles. The minimum absolute atomic E-state index is 0.0776. The van der Waals surface area contributed by atoms with E-state index in [0.29, 0.717) is 19.6 Å². The third-order valence-electron chi connectivity index (χ3n) is 5.16. The first-order valence-corrected chi connectivity index (χ1v) is 10.9. The molecule has 1 saturated heterocycles. The van der Waals surface area contributed by atoms with Crippen molar-refractivity contribution < 1.29 is 18.8 Å². The van der Waals surface area contributed by atoms with Gasteiger partial charge in [0.05, 0.1) is 13.2 Å². The van der Waals surface area contributed by atoms with Crippen LogP contribution in [-0.4, -0.2) is 40.1 Å². The molecular formula is C19H24BrNO4S. The van der Waals surface area contributed by atoms with Crippen molar-refractivity contribution in [3.63, 3.8) is 0 Å². The van der Waals surface area contributed by atoms with Crippen molar-refractivity contribution in [3.8, 4) is 5.75 Å². The number of rotatable bonds is 1. The number of ether oxygens (including phenoxy) is 3. The molecule has 7 heteroatoms. The number of fused-ring (bicyclic) bond motifs is 2. The summed E-state index contributed by atoms with van der Waals surface area (Å²) in [5.41, 5.74) is 1.82. The normalized spacial score (nSPS) is 30.0. The molecule has 1 aromatic rings. The summed E-state index contributed by atoms with van der Waals surface area (Å²) in [5, 5.41) is 0. The third-order valence-corrected chi connectivity index (χ3v) is 7.07. The van der Waals surface area contributed by atoms with Crippen LogP contribution >= 0.6 is 15.9 Å². The predicted octanol–water partition coefficient (Wildman–Crippen LogP) is 4.00. The molecule has 2 aliphatic heterocycles. The van der Waals surface area contributed by atoms with Gasteiger partial charge in [0, 0.05) is 28.8 Å². The summed E-state index contributed by atoms with van der Waals surface area (Å²) >= 11 is 2.21. The quantitative estimate of drug-likeness (QED) is 0.617. The maximum absolute atomic E-state index is 12.8. The minimum atomic E-state index is -1.32. The maximum atomic E-state index is 12.8. The van der Waals surface area contributed by atoms with Gasteiger partial charge < -0.3 is 18.8 Å². The van der Waals surface area contributed by atoms with Crippen molar-refractivity contribution in [2.45, 2.75) is 56.7 Å². The van der Waals surface area contributed by atoms with Gasteiger partial charge in [-0.25, -0.2) is 0 Å². The first kappa shape index (κ1) is 18.7. The molecule has 1 spiro atoms. The first-order chi connectivity index (χ1) is 12.3. The van der Waals surface area contributed by atoms with Gasteiger partial charge in [0.15, 0.2) is 5.79 Å². The zero-order chi connectivity index (χ0) is 18.5. The molecule has 3 unspecified atom stereocenters. The van der Waals surface area contributed by atoms with Gasteiger partial charge in [-0.2, -0.15) is 0 Å². The second-order valence-electron chi connectivity index (χ2n) is 8.09. The highest BCUT2D eigenvalue weighted by atomic mass is 79.9. The molecule has 0 N–H and O–H groups in total. The number of halogens is 1. The van der Waals surface area contributed by atoms with E-state index in [1.165, 1.54) is 0 Å². The summed E-state index contributed by atoms with van der Waals surface area (Å²) in [5.74, 6) is 0.359. The van der Waals surface area contributed by atoms with Gasteiger partial charge in [-0.05, 0) is 45.4 Å². The number of hydrogen-bond donors (Lipinski definition) is 0. The molecule has 3 atom stereocenters. The van der Waals surface area contributed by atoms with E-state index in [0.717, 1.165) is 34.3 Å². The molecule has 0 amide bonds. The van der Waals surface area contributed by atoms with E-state index in [1.54, 1.807) is 0 Å². The zero-order valence-electron chi connectivity index (χ0n) is 15.3. The Morgan fingerprint density at radius 1 is 1.27 bits per heavy atom. The van der Waals surface area contributed by atoms with Crippen LogP contribution in [0, 0.1) is 5.92 Å². The van der Waals surface area contributed by atoms with E-state index >= 15 is 0 Å². The molecule has 1 aromatic carbocycles. The molecule has 0 radical (unpaired) electrons. The predicted molar refractivity (Wildman–Crippen MR) is 105 cm³/mol. The molecule has 5 nitrogen and oxygen atoms in total. The van der Waals surface area contributed by atoms with Gasteiger partial charge in [0.1, 0.15) is 33.7 Å². The molecule has 26 heavy (non-hydrogen) atoms. The summed E-state index contributed by atoms with van der Waals surface area (Å²) in [6, 6.07) is 5.92. The lowest BCUT2D eigenvalue weighted by Crippen LogP contribution is -2.50. The molecule has 142 valence electrons. The Morgan fingerprint density at radius 2 is 2.00 bits per heavy atom. The van der Waals surface area contributed by atoms with Gasteiger partial charge in [-0.1, -0.05) is 20.3 Å². The smallest absolute Gasteiger partial charge is 0.172 e. The maximum Gasteiger partial charge on any atom is 0.172 e. The Labute approximate surface area is 165 Å². The molecule has 2 heterocycles. The number of hydrogen-bond acceptors (Lipinski definition) is 5. The Bertz CT molecular complexity index is 727. The topological polar surface area (TPSA) is 63.1 Å². The minimum Gasteiger partial charge on any atom is -0.591 e. The SMILES string of the molecule is CC(C)(C)[S+]([O-])/N=C1/c2cc(Br)ccc2OC2CC3(CCC12)OCCO3. The number of benzene rings is 1. The number of nitrogens with zero attached hydrogens (tertiary/aromatic N) is 1. The average Bonchev–Trinajstić information content (AvgIpc) is 3.02. The molecule has 3 aliphatic rings. The molecule has 2 fully saturated rings. The molecule has 0 aromatic heterocycles. The van der Waals surface area contributed by atoms with Gasteiger partial charge in [0.25, 0.3) is 0 Å². The van der Waals surface area contributed by atoms with E-state index in [1.807, 2.05) is 39.0 Å². The zero-order valence-corrected chi connectivity index (χ0v) is 17.7. The monoisotopic (exact) mass is 441 g/mol. The third kappa shape index (κ3) is 3.44. The van der Waals surface area contributed by atoms with Crippen molar-refractivity contribution in [3.05, 3.63) is 28.2 Å². The standard InChI is InChI=1S/C19H24BrNO4S/c1-18(2,3)26(22)21-17-13-6-7-19(23-8-9-24-19)11-16(13)25-15-5-4-12(20)10-14(15)17/h4-5,10,13,16H,6-9,11H2,1-3H3/b21-17+. The van der Waals surface area contributed by atoms with Crippen LogP contribution in [0.25, 0.3) is 0 Å². The van der Waals surface area contributed by atoms with Crippen molar-refractivity contribution in [1.82, 2.24) is 0 Å². The summed E-state index contributed by atoms with van der Waals surface area (Å²) in [6.07, 6.45) is 2.25.